The minimum Gasteiger partial charge on any atom is -0.462 e. The molecule has 0 saturated heterocycles. The molecular weight excluding hydrogens is 683 g/mol. The van der Waals surface area contributed by atoms with Gasteiger partial charge in [0.1, 0.15) is 6.10 Å². The summed E-state index contributed by atoms with van der Waals surface area (Å²) in [5, 5.41) is 23.6. The first-order chi connectivity index (χ1) is 27.0. The van der Waals surface area contributed by atoms with Crippen molar-refractivity contribution in [2.24, 2.45) is 0 Å². The molecule has 55 heavy (non-hydrogen) atoms. The third-order valence-corrected chi connectivity index (χ3v) is 10.1. The van der Waals surface area contributed by atoms with Crippen LogP contribution in [0.2, 0.25) is 0 Å². The minimum absolute atomic E-state index is 0.0474. The number of amides is 1. The van der Waals surface area contributed by atoms with Crippen LogP contribution in [0.3, 0.4) is 0 Å². The number of hydrogen-bond acceptors (Lipinski definition) is 5. The van der Waals surface area contributed by atoms with Crippen molar-refractivity contribution in [3.05, 3.63) is 60.8 Å². The molecule has 0 heterocycles. The Kier molecular flexibility index (Phi) is 40.8. The average molecular weight is 770 g/mol. The van der Waals surface area contributed by atoms with Crippen molar-refractivity contribution < 1.29 is 24.5 Å². The van der Waals surface area contributed by atoms with E-state index < -0.39 is 18.2 Å². The number of aliphatic hydroxyl groups is 2. The molecule has 6 nitrogen and oxygen atoms in total. The molecule has 0 bridgehead atoms. The number of esters is 1. The predicted octanol–water partition coefficient (Wildman–Crippen LogP) is 13.3. The SMILES string of the molecule is CC/C=C/C/C=C/C/C=C/C/C=C/C/C=C/CCC(=O)OC(CCCCCCCCCC)CC(=O)NC(CO)C(O)CCCCCCCCCCCCCC. The van der Waals surface area contributed by atoms with Gasteiger partial charge in [-0.15, -0.1) is 0 Å². The van der Waals surface area contributed by atoms with Gasteiger partial charge in [-0.2, -0.15) is 0 Å². The van der Waals surface area contributed by atoms with Gasteiger partial charge in [0.15, 0.2) is 0 Å². The molecular formula is C49H87NO5. The summed E-state index contributed by atoms with van der Waals surface area (Å²) in [4.78, 5) is 25.9. The monoisotopic (exact) mass is 770 g/mol. The van der Waals surface area contributed by atoms with E-state index in [2.05, 4.69) is 80.8 Å². The first kappa shape index (κ1) is 52.6. The van der Waals surface area contributed by atoms with Crippen LogP contribution in [0.4, 0.5) is 0 Å². The minimum atomic E-state index is -0.797. The highest BCUT2D eigenvalue weighted by Gasteiger charge is 2.24. The fraction of sp³-hybridized carbons (Fsp3) is 0.755. The molecule has 0 aromatic rings. The molecule has 6 heteroatoms. The summed E-state index contributed by atoms with van der Waals surface area (Å²) in [6.45, 7) is 6.31. The van der Waals surface area contributed by atoms with E-state index in [1.165, 1.54) is 89.9 Å². The van der Waals surface area contributed by atoms with E-state index >= 15 is 0 Å². The van der Waals surface area contributed by atoms with Gasteiger partial charge in [0.25, 0.3) is 0 Å². The van der Waals surface area contributed by atoms with Gasteiger partial charge in [-0.25, -0.2) is 0 Å². The summed E-state index contributed by atoms with van der Waals surface area (Å²) in [6, 6.07) is -0.713. The summed E-state index contributed by atoms with van der Waals surface area (Å²) in [5.74, 6) is -0.577. The fourth-order valence-electron chi connectivity index (χ4n) is 6.65. The van der Waals surface area contributed by atoms with E-state index in [1.807, 2.05) is 6.08 Å². The van der Waals surface area contributed by atoms with Crippen LogP contribution in [0.25, 0.3) is 0 Å². The first-order valence-corrected chi connectivity index (χ1v) is 23.0. The number of rotatable bonds is 40. The summed E-state index contributed by atoms with van der Waals surface area (Å²) < 4.78 is 5.84. The van der Waals surface area contributed by atoms with Gasteiger partial charge in [0, 0.05) is 6.42 Å². The lowest BCUT2D eigenvalue weighted by molar-refractivity contribution is -0.150. The molecule has 318 valence electrons. The third kappa shape index (κ3) is 38.2. The molecule has 0 aliphatic heterocycles. The van der Waals surface area contributed by atoms with E-state index in [9.17, 15) is 19.8 Å². The number of allylic oxidation sites excluding steroid dienone is 10. The standard InChI is InChI=1S/C49H87NO5/c1-4-7-10-13-16-19-21-23-24-25-26-28-30-33-36-39-42-49(54)55-45(40-37-34-31-18-15-12-9-6-3)43-48(53)50-46(44-51)47(52)41-38-35-32-29-27-22-20-17-14-11-8-5-2/h7,10,16,19,23-24,26,28,33,36,45-47,51-52H,4-6,8-9,11-15,17-18,20-22,25,27,29-32,34-35,37-44H2,1-3H3,(H,50,53)/b10-7+,19-16+,24-23+,28-26+,36-33+. The van der Waals surface area contributed by atoms with Crippen LogP contribution in [0.5, 0.6) is 0 Å². The van der Waals surface area contributed by atoms with Crippen LogP contribution in [0, 0.1) is 0 Å². The lowest BCUT2D eigenvalue weighted by Crippen LogP contribution is -2.46. The summed E-state index contributed by atoms with van der Waals surface area (Å²) in [7, 11) is 0. The van der Waals surface area contributed by atoms with Crippen molar-refractivity contribution >= 4 is 11.9 Å². The molecule has 3 unspecified atom stereocenters. The van der Waals surface area contributed by atoms with Gasteiger partial charge in [0.05, 0.1) is 25.2 Å². The van der Waals surface area contributed by atoms with Crippen LogP contribution >= 0.6 is 0 Å². The number of hydrogen-bond donors (Lipinski definition) is 3. The Morgan fingerprint density at radius 1 is 0.545 bits per heavy atom. The summed E-state index contributed by atoms with van der Waals surface area (Å²) in [5.41, 5.74) is 0. The second-order valence-corrected chi connectivity index (χ2v) is 15.4. The highest BCUT2D eigenvalue weighted by atomic mass is 16.5. The van der Waals surface area contributed by atoms with Crippen molar-refractivity contribution in [1.29, 1.82) is 0 Å². The van der Waals surface area contributed by atoms with Crippen molar-refractivity contribution in [1.82, 2.24) is 5.32 Å². The average Bonchev–Trinajstić information content (AvgIpc) is 3.18. The Morgan fingerprint density at radius 2 is 0.945 bits per heavy atom. The van der Waals surface area contributed by atoms with Crippen LogP contribution in [-0.2, 0) is 14.3 Å². The Morgan fingerprint density at radius 3 is 1.38 bits per heavy atom. The van der Waals surface area contributed by atoms with Gasteiger partial charge >= 0.3 is 5.97 Å². The lowest BCUT2D eigenvalue weighted by atomic mass is 10.0. The topological polar surface area (TPSA) is 95.9 Å². The number of unbranched alkanes of at least 4 members (excludes halogenated alkanes) is 18. The molecule has 0 spiro atoms. The maximum atomic E-state index is 13.1. The summed E-state index contributed by atoms with van der Waals surface area (Å²) in [6.07, 6.45) is 51.5. The number of nitrogens with one attached hydrogen (secondary N) is 1. The van der Waals surface area contributed by atoms with E-state index in [0.29, 0.717) is 19.3 Å². The predicted molar refractivity (Wildman–Crippen MR) is 236 cm³/mol. The lowest BCUT2D eigenvalue weighted by Gasteiger charge is -2.24. The molecule has 1 amide bonds. The van der Waals surface area contributed by atoms with Crippen molar-refractivity contribution in [2.45, 2.75) is 232 Å². The largest absolute Gasteiger partial charge is 0.462 e. The smallest absolute Gasteiger partial charge is 0.306 e. The summed E-state index contributed by atoms with van der Waals surface area (Å²) >= 11 is 0. The van der Waals surface area contributed by atoms with Gasteiger partial charge in [0.2, 0.25) is 5.91 Å². The van der Waals surface area contributed by atoms with Gasteiger partial charge in [-0.05, 0) is 57.8 Å². The molecule has 0 aliphatic rings. The number of ether oxygens (including phenoxy) is 1. The van der Waals surface area contributed by atoms with Gasteiger partial charge in [-0.1, -0.05) is 204 Å². The molecule has 0 radical (unpaired) electrons. The maximum Gasteiger partial charge on any atom is 0.306 e. The Balaban J connectivity index is 4.60. The Hall–Kier alpha value is -2.44. The molecule has 0 fully saturated rings. The highest BCUT2D eigenvalue weighted by molar-refractivity contribution is 5.77. The number of carbonyl (C=O) groups excluding carboxylic acids is 2. The zero-order valence-corrected chi connectivity index (χ0v) is 36.0. The molecule has 3 N–H and O–H groups in total. The molecule has 0 rings (SSSR count). The number of aliphatic hydroxyl groups excluding tert-OH is 2. The van der Waals surface area contributed by atoms with E-state index in [1.54, 1.807) is 0 Å². The molecule has 0 aliphatic carbocycles. The second kappa shape index (κ2) is 42.7. The van der Waals surface area contributed by atoms with Crippen LogP contribution < -0.4 is 5.32 Å². The van der Waals surface area contributed by atoms with E-state index in [4.69, 9.17) is 4.74 Å². The third-order valence-electron chi connectivity index (χ3n) is 10.1. The van der Waals surface area contributed by atoms with Crippen LogP contribution in [0.15, 0.2) is 60.8 Å². The van der Waals surface area contributed by atoms with Crippen molar-refractivity contribution in [2.75, 3.05) is 6.61 Å². The Labute approximate surface area is 339 Å². The maximum absolute atomic E-state index is 13.1. The highest BCUT2D eigenvalue weighted by Crippen LogP contribution is 2.17. The molecule has 0 saturated carbocycles. The van der Waals surface area contributed by atoms with Gasteiger partial charge in [-0.3, -0.25) is 9.59 Å². The van der Waals surface area contributed by atoms with Crippen LogP contribution in [0.1, 0.15) is 213 Å². The normalized spacial score (nSPS) is 13.9. The van der Waals surface area contributed by atoms with Crippen LogP contribution in [-0.4, -0.2) is 46.9 Å². The molecule has 0 aromatic heterocycles. The Bertz CT molecular complexity index is 999. The van der Waals surface area contributed by atoms with Crippen molar-refractivity contribution in [3.8, 4) is 0 Å². The van der Waals surface area contributed by atoms with Gasteiger partial charge < -0.3 is 20.3 Å². The quantitative estimate of drug-likeness (QED) is 0.0328. The second-order valence-electron chi connectivity index (χ2n) is 15.4. The molecule has 3 atom stereocenters. The first-order valence-electron chi connectivity index (χ1n) is 23.0. The number of carbonyl (C=O) groups is 2. The molecule has 0 aromatic carbocycles. The fourth-order valence-corrected chi connectivity index (χ4v) is 6.65. The van der Waals surface area contributed by atoms with E-state index in [0.717, 1.165) is 70.6 Å². The van der Waals surface area contributed by atoms with E-state index in [-0.39, 0.29) is 31.3 Å². The van der Waals surface area contributed by atoms with Crippen molar-refractivity contribution in [3.63, 3.8) is 0 Å². The zero-order chi connectivity index (χ0) is 40.3. The zero-order valence-electron chi connectivity index (χ0n) is 36.0.